The molecule has 0 aromatic rings. The number of piperidine rings is 1. The van der Waals surface area contributed by atoms with Crippen molar-refractivity contribution in [3.63, 3.8) is 0 Å². The average Bonchev–Trinajstić information content (AvgIpc) is 2.64. The molecule has 2 unspecified atom stereocenters. The van der Waals surface area contributed by atoms with Gasteiger partial charge in [0.25, 0.3) is 0 Å². The monoisotopic (exact) mass is 268 g/mol. The predicted molar refractivity (Wildman–Crippen MR) is 71.6 cm³/mol. The molecule has 2 atom stereocenters. The van der Waals surface area contributed by atoms with E-state index in [-0.39, 0.29) is 24.0 Å². The third-order valence-corrected chi connectivity index (χ3v) is 4.21. The second kappa shape index (κ2) is 6.89. The van der Waals surface area contributed by atoms with Crippen LogP contribution < -0.4 is 5.32 Å². The van der Waals surface area contributed by atoms with E-state index in [0.29, 0.717) is 6.42 Å². The number of carbonyl (C=O) groups is 2. The third-order valence-electron chi connectivity index (χ3n) is 4.21. The van der Waals surface area contributed by atoms with Crippen LogP contribution >= 0.6 is 0 Å². The maximum atomic E-state index is 12.1. The number of rotatable bonds is 3. The SMILES string of the molecule is COC(=O)CC1CCCCN1C1CCCCNC1=O. The molecular weight excluding hydrogens is 244 g/mol. The van der Waals surface area contributed by atoms with Crippen LogP contribution in [0.4, 0.5) is 0 Å². The summed E-state index contributed by atoms with van der Waals surface area (Å²) in [5, 5.41) is 2.98. The Morgan fingerprint density at radius 1 is 1.32 bits per heavy atom. The number of nitrogens with zero attached hydrogens (tertiary/aromatic N) is 1. The number of hydrogen-bond acceptors (Lipinski definition) is 4. The molecule has 2 rings (SSSR count). The molecule has 0 saturated carbocycles. The fourth-order valence-corrected chi connectivity index (χ4v) is 3.17. The van der Waals surface area contributed by atoms with Gasteiger partial charge in [0.15, 0.2) is 0 Å². The number of methoxy groups -OCH3 is 1. The first kappa shape index (κ1) is 14.3. The predicted octanol–water partition coefficient (Wildman–Crippen LogP) is 1.07. The maximum Gasteiger partial charge on any atom is 0.307 e. The second-order valence-corrected chi connectivity index (χ2v) is 5.47. The zero-order chi connectivity index (χ0) is 13.7. The van der Waals surface area contributed by atoms with Gasteiger partial charge in [0.1, 0.15) is 0 Å². The summed E-state index contributed by atoms with van der Waals surface area (Å²) < 4.78 is 4.77. The van der Waals surface area contributed by atoms with Crippen LogP contribution in [0.15, 0.2) is 0 Å². The molecule has 5 nitrogen and oxygen atoms in total. The van der Waals surface area contributed by atoms with Crippen LogP contribution in [-0.4, -0.2) is 49.1 Å². The van der Waals surface area contributed by atoms with Crippen molar-refractivity contribution in [1.82, 2.24) is 10.2 Å². The van der Waals surface area contributed by atoms with Gasteiger partial charge in [-0.25, -0.2) is 0 Å². The third kappa shape index (κ3) is 3.69. The van der Waals surface area contributed by atoms with Gasteiger partial charge in [0.2, 0.25) is 5.91 Å². The van der Waals surface area contributed by atoms with Crippen molar-refractivity contribution in [2.45, 2.75) is 57.0 Å². The van der Waals surface area contributed by atoms with Crippen LogP contribution in [0.25, 0.3) is 0 Å². The Morgan fingerprint density at radius 2 is 2.11 bits per heavy atom. The fourth-order valence-electron chi connectivity index (χ4n) is 3.17. The summed E-state index contributed by atoms with van der Waals surface area (Å²) in [6.07, 6.45) is 6.67. The molecule has 2 saturated heterocycles. The van der Waals surface area contributed by atoms with Crippen molar-refractivity contribution < 1.29 is 14.3 Å². The van der Waals surface area contributed by atoms with Crippen LogP contribution in [0.5, 0.6) is 0 Å². The van der Waals surface area contributed by atoms with E-state index in [2.05, 4.69) is 10.2 Å². The van der Waals surface area contributed by atoms with Gasteiger partial charge in [-0.3, -0.25) is 14.5 Å². The number of carbonyl (C=O) groups excluding carboxylic acids is 2. The van der Waals surface area contributed by atoms with Crippen LogP contribution in [-0.2, 0) is 14.3 Å². The van der Waals surface area contributed by atoms with E-state index in [1.165, 1.54) is 7.11 Å². The van der Waals surface area contributed by atoms with Crippen molar-refractivity contribution in [1.29, 1.82) is 0 Å². The van der Waals surface area contributed by atoms with Crippen molar-refractivity contribution in [2.75, 3.05) is 20.2 Å². The van der Waals surface area contributed by atoms with Crippen molar-refractivity contribution in [3.8, 4) is 0 Å². The van der Waals surface area contributed by atoms with E-state index in [0.717, 1.165) is 51.6 Å². The molecule has 1 amide bonds. The Bertz CT molecular complexity index is 333. The first-order valence-electron chi connectivity index (χ1n) is 7.32. The van der Waals surface area contributed by atoms with E-state index in [9.17, 15) is 9.59 Å². The molecule has 2 heterocycles. The minimum Gasteiger partial charge on any atom is -0.469 e. The van der Waals surface area contributed by atoms with E-state index in [1.807, 2.05) is 0 Å². The summed E-state index contributed by atoms with van der Waals surface area (Å²) in [7, 11) is 1.42. The molecule has 0 radical (unpaired) electrons. The highest BCUT2D eigenvalue weighted by molar-refractivity contribution is 5.82. The largest absolute Gasteiger partial charge is 0.469 e. The molecule has 1 N–H and O–H groups in total. The van der Waals surface area contributed by atoms with Gasteiger partial charge in [-0.15, -0.1) is 0 Å². The summed E-state index contributed by atoms with van der Waals surface area (Å²) >= 11 is 0. The van der Waals surface area contributed by atoms with Crippen molar-refractivity contribution in [3.05, 3.63) is 0 Å². The molecule has 5 heteroatoms. The van der Waals surface area contributed by atoms with Crippen LogP contribution in [0, 0.1) is 0 Å². The molecule has 2 aliphatic rings. The molecule has 108 valence electrons. The molecule has 0 spiro atoms. The van der Waals surface area contributed by atoms with Gasteiger partial charge in [-0.1, -0.05) is 6.42 Å². The highest BCUT2D eigenvalue weighted by Crippen LogP contribution is 2.25. The van der Waals surface area contributed by atoms with Gasteiger partial charge < -0.3 is 10.1 Å². The highest BCUT2D eigenvalue weighted by atomic mass is 16.5. The minimum absolute atomic E-state index is 0.0579. The smallest absolute Gasteiger partial charge is 0.307 e. The fraction of sp³-hybridized carbons (Fsp3) is 0.857. The van der Waals surface area contributed by atoms with E-state index < -0.39 is 0 Å². The Labute approximate surface area is 114 Å². The van der Waals surface area contributed by atoms with Gasteiger partial charge in [-0.2, -0.15) is 0 Å². The van der Waals surface area contributed by atoms with E-state index in [4.69, 9.17) is 4.74 Å². The van der Waals surface area contributed by atoms with Crippen molar-refractivity contribution in [2.24, 2.45) is 0 Å². The summed E-state index contributed by atoms with van der Waals surface area (Å²) in [4.78, 5) is 25.9. The summed E-state index contributed by atoms with van der Waals surface area (Å²) in [6.45, 7) is 1.70. The summed E-state index contributed by atoms with van der Waals surface area (Å²) in [5.41, 5.74) is 0. The van der Waals surface area contributed by atoms with Crippen LogP contribution in [0.1, 0.15) is 44.9 Å². The molecule has 0 aliphatic carbocycles. The lowest BCUT2D eigenvalue weighted by molar-refractivity contribution is -0.143. The average molecular weight is 268 g/mol. The molecule has 0 bridgehead atoms. The van der Waals surface area contributed by atoms with Crippen LogP contribution in [0.3, 0.4) is 0 Å². The zero-order valence-electron chi connectivity index (χ0n) is 11.7. The van der Waals surface area contributed by atoms with Gasteiger partial charge in [0.05, 0.1) is 19.6 Å². The maximum absolute atomic E-state index is 12.1. The number of hydrogen-bond donors (Lipinski definition) is 1. The molecule has 2 aliphatic heterocycles. The lowest BCUT2D eigenvalue weighted by Gasteiger charge is -2.39. The normalized spacial score (nSPS) is 29.4. The number of nitrogens with one attached hydrogen (secondary N) is 1. The minimum atomic E-state index is -0.175. The Hall–Kier alpha value is -1.10. The van der Waals surface area contributed by atoms with Crippen LogP contribution in [0.2, 0.25) is 0 Å². The standard InChI is InChI=1S/C14H24N2O3/c1-19-13(17)10-11-6-3-5-9-16(11)12-7-2-4-8-15-14(12)18/h11-12H,2-10H2,1H3,(H,15,18). The number of likely N-dealkylation sites (tertiary alicyclic amines) is 1. The first-order chi connectivity index (χ1) is 9.22. The van der Waals surface area contributed by atoms with Gasteiger partial charge in [0, 0.05) is 12.6 Å². The zero-order valence-corrected chi connectivity index (χ0v) is 11.7. The topological polar surface area (TPSA) is 58.6 Å². The molecule has 19 heavy (non-hydrogen) atoms. The Morgan fingerprint density at radius 3 is 2.89 bits per heavy atom. The van der Waals surface area contributed by atoms with Gasteiger partial charge >= 0.3 is 5.97 Å². The van der Waals surface area contributed by atoms with E-state index >= 15 is 0 Å². The quantitative estimate of drug-likeness (QED) is 0.778. The summed E-state index contributed by atoms with van der Waals surface area (Å²) in [5.74, 6) is -0.0415. The second-order valence-electron chi connectivity index (χ2n) is 5.47. The Balaban J connectivity index is 2.04. The lowest BCUT2D eigenvalue weighted by Crippen LogP contribution is -2.53. The highest BCUT2D eigenvalue weighted by Gasteiger charge is 2.34. The molecule has 2 fully saturated rings. The molecular formula is C14H24N2O3. The van der Waals surface area contributed by atoms with Crippen molar-refractivity contribution >= 4 is 11.9 Å². The molecule has 0 aromatic carbocycles. The number of ether oxygens (including phenoxy) is 1. The van der Waals surface area contributed by atoms with Gasteiger partial charge in [-0.05, 0) is 38.6 Å². The first-order valence-corrected chi connectivity index (χ1v) is 7.32. The Kier molecular flexibility index (Phi) is 5.19. The van der Waals surface area contributed by atoms with E-state index in [1.54, 1.807) is 0 Å². The number of esters is 1. The summed E-state index contributed by atoms with van der Waals surface area (Å²) in [6, 6.07) is 0.104. The number of amides is 1. The molecule has 0 aromatic heterocycles. The lowest BCUT2D eigenvalue weighted by atomic mass is 9.95.